The second-order valence-corrected chi connectivity index (χ2v) is 25.4. The van der Waals surface area contributed by atoms with Gasteiger partial charge in [0.05, 0.1) is 0 Å². The minimum atomic E-state index is -1.78. The van der Waals surface area contributed by atoms with Gasteiger partial charge in [-0.2, -0.15) is 0 Å². The molecule has 3 rings (SSSR count). The van der Waals surface area contributed by atoms with Crippen molar-refractivity contribution in [3.05, 3.63) is 108 Å². The number of rotatable bonds is 18. The Morgan fingerprint density at radius 1 is 0.478 bits per heavy atom. The van der Waals surface area contributed by atoms with E-state index in [4.69, 9.17) is 13.6 Å². The average Bonchev–Trinajstić information content (AvgIpc) is 3.00. The summed E-state index contributed by atoms with van der Waals surface area (Å²) in [7, 11) is -3.55. The van der Waals surface area contributed by atoms with Gasteiger partial charge < -0.3 is 13.6 Å². The summed E-state index contributed by atoms with van der Waals surface area (Å²) in [6.07, 6.45) is 3.23. The summed E-state index contributed by atoms with van der Waals surface area (Å²) in [5, 5.41) is 0.440. The molecule has 46 heavy (non-hydrogen) atoms. The van der Waals surface area contributed by atoms with E-state index in [1.165, 1.54) is 0 Å². The fraction of sp³-hybridized carbons (Fsp3) is 0.550. The summed E-state index contributed by atoms with van der Waals surface area (Å²) in [5.41, 5.74) is 2.81. The molecule has 0 aliphatic heterocycles. The fourth-order valence-corrected chi connectivity index (χ4v) is 7.31. The quantitative estimate of drug-likeness (QED) is 0.0771. The summed E-state index contributed by atoms with van der Waals surface area (Å²) < 4.78 is 20.2. The predicted molar refractivity (Wildman–Crippen MR) is 202 cm³/mol. The van der Waals surface area contributed by atoms with Crippen molar-refractivity contribution in [2.75, 3.05) is 39.5 Å². The number of nitrogens with zero attached hydrogens (tertiary/aromatic N) is 1. The van der Waals surface area contributed by atoms with Gasteiger partial charge in [-0.05, 0) is 78.8 Å². The van der Waals surface area contributed by atoms with Crippen LogP contribution in [0.2, 0.25) is 36.3 Å². The maximum absolute atomic E-state index is 7.02. The topological polar surface area (TPSA) is 30.9 Å². The van der Waals surface area contributed by atoms with Gasteiger partial charge in [0.25, 0.3) is 0 Å². The lowest BCUT2D eigenvalue weighted by molar-refractivity contribution is 0.0104. The summed E-state index contributed by atoms with van der Waals surface area (Å²) in [5.74, 6) is 0. The van der Waals surface area contributed by atoms with E-state index >= 15 is 0 Å². The van der Waals surface area contributed by atoms with Crippen molar-refractivity contribution in [2.45, 2.75) is 103 Å². The van der Waals surface area contributed by atoms with Crippen LogP contribution in [0.4, 0.5) is 0 Å². The van der Waals surface area contributed by atoms with Crippen LogP contribution in [0.25, 0.3) is 0 Å². The Hall–Kier alpha value is -2.07. The molecule has 0 unspecified atom stereocenters. The van der Waals surface area contributed by atoms with Crippen molar-refractivity contribution in [3.63, 3.8) is 0 Å². The standard InChI is InChI=1S/C40H63NO3Si2/c1-38(2,3)45(7,8)43-33-30-41(31-34-44-46(9,10)39(4,5)6)29-21-14-22-32-42-40(35-23-15-11-16-24-35,36-25-17-12-18-26-36)37-27-19-13-20-28-37/h11-13,15-20,23-28H,14,21-22,29-34H2,1-10H3. The van der Waals surface area contributed by atoms with Gasteiger partial charge in [0.15, 0.2) is 16.6 Å². The van der Waals surface area contributed by atoms with Crippen molar-refractivity contribution < 1.29 is 13.6 Å². The molecule has 0 N–H and O–H groups in total. The average molecular weight is 662 g/mol. The number of hydrogen-bond donors (Lipinski definition) is 0. The van der Waals surface area contributed by atoms with Gasteiger partial charge in [0.1, 0.15) is 5.60 Å². The predicted octanol–water partition coefficient (Wildman–Crippen LogP) is 10.5. The molecule has 0 amide bonds. The van der Waals surface area contributed by atoms with Crippen molar-refractivity contribution in [2.24, 2.45) is 0 Å². The van der Waals surface area contributed by atoms with Crippen LogP contribution < -0.4 is 0 Å². The smallest absolute Gasteiger partial charge is 0.192 e. The molecular formula is C40H63NO3Si2. The molecule has 0 atom stereocenters. The first-order valence-corrected chi connectivity index (χ1v) is 23.2. The van der Waals surface area contributed by atoms with Crippen molar-refractivity contribution in [3.8, 4) is 0 Å². The molecule has 0 saturated heterocycles. The van der Waals surface area contributed by atoms with Crippen molar-refractivity contribution in [1.82, 2.24) is 4.90 Å². The summed E-state index contributed by atoms with van der Waals surface area (Å²) in [6, 6.07) is 32.0. The lowest BCUT2D eigenvalue weighted by atomic mass is 9.80. The Morgan fingerprint density at radius 2 is 0.848 bits per heavy atom. The molecule has 0 fully saturated rings. The summed E-state index contributed by atoms with van der Waals surface area (Å²) in [4.78, 5) is 2.56. The minimum absolute atomic E-state index is 0.220. The van der Waals surface area contributed by atoms with E-state index in [0.29, 0.717) is 6.61 Å². The molecule has 0 bridgehead atoms. The van der Waals surface area contributed by atoms with E-state index in [9.17, 15) is 0 Å². The van der Waals surface area contributed by atoms with E-state index in [-0.39, 0.29) is 10.1 Å². The van der Waals surface area contributed by atoms with Gasteiger partial charge in [-0.3, -0.25) is 4.90 Å². The molecule has 0 spiro atoms. The van der Waals surface area contributed by atoms with Crippen LogP contribution in [0, 0.1) is 0 Å². The fourth-order valence-electron chi connectivity index (χ4n) is 5.24. The SMILES string of the molecule is CC(C)(C)[Si](C)(C)OCCN(CCCCCOC(c1ccccc1)(c1ccccc1)c1ccccc1)CCO[Si](C)(C)C(C)(C)C. The first kappa shape index (κ1) is 38.4. The number of benzene rings is 3. The highest BCUT2D eigenvalue weighted by atomic mass is 28.4. The highest BCUT2D eigenvalue weighted by Crippen LogP contribution is 2.41. The molecule has 4 nitrogen and oxygen atoms in total. The third-order valence-corrected chi connectivity index (χ3v) is 19.4. The molecule has 0 aromatic heterocycles. The second-order valence-electron chi connectivity index (χ2n) is 15.7. The maximum atomic E-state index is 7.02. The van der Waals surface area contributed by atoms with Gasteiger partial charge in [-0.15, -0.1) is 0 Å². The number of hydrogen-bond acceptors (Lipinski definition) is 4. The van der Waals surface area contributed by atoms with E-state index in [1.807, 2.05) is 0 Å². The Bertz CT molecular complexity index is 1140. The molecule has 0 radical (unpaired) electrons. The first-order valence-electron chi connectivity index (χ1n) is 17.4. The number of ether oxygens (including phenoxy) is 1. The molecule has 0 aliphatic rings. The summed E-state index contributed by atoms with van der Waals surface area (Å²) in [6.45, 7) is 28.5. The van der Waals surface area contributed by atoms with Crippen LogP contribution in [0.1, 0.15) is 77.5 Å². The van der Waals surface area contributed by atoms with Crippen LogP contribution >= 0.6 is 0 Å². The largest absolute Gasteiger partial charge is 0.416 e. The molecule has 254 valence electrons. The van der Waals surface area contributed by atoms with Gasteiger partial charge in [-0.1, -0.05) is 133 Å². The normalized spacial score (nSPS) is 13.4. The Morgan fingerprint density at radius 3 is 1.20 bits per heavy atom. The molecule has 0 aliphatic carbocycles. The second kappa shape index (κ2) is 16.9. The molecule has 0 heterocycles. The van der Waals surface area contributed by atoms with E-state index in [0.717, 1.165) is 68.8 Å². The molecule has 3 aromatic rings. The monoisotopic (exact) mass is 661 g/mol. The van der Waals surface area contributed by atoms with E-state index in [1.54, 1.807) is 0 Å². The van der Waals surface area contributed by atoms with Crippen molar-refractivity contribution in [1.29, 1.82) is 0 Å². The Balaban J connectivity index is 1.65. The zero-order valence-electron chi connectivity index (χ0n) is 30.7. The lowest BCUT2D eigenvalue weighted by Gasteiger charge is -2.38. The van der Waals surface area contributed by atoms with E-state index < -0.39 is 22.2 Å². The van der Waals surface area contributed by atoms with Crippen LogP contribution in [-0.2, 0) is 19.2 Å². The van der Waals surface area contributed by atoms with Gasteiger partial charge >= 0.3 is 0 Å². The van der Waals surface area contributed by atoms with Crippen LogP contribution in [0.5, 0.6) is 0 Å². The molecule has 3 aromatic carbocycles. The zero-order valence-corrected chi connectivity index (χ0v) is 32.7. The van der Waals surface area contributed by atoms with Crippen LogP contribution in [-0.4, -0.2) is 61.0 Å². The molecular weight excluding hydrogens is 599 g/mol. The Labute approximate surface area is 284 Å². The lowest BCUT2D eigenvalue weighted by Crippen LogP contribution is -2.44. The van der Waals surface area contributed by atoms with Gasteiger partial charge in [0.2, 0.25) is 0 Å². The van der Waals surface area contributed by atoms with Crippen LogP contribution in [0.15, 0.2) is 91.0 Å². The van der Waals surface area contributed by atoms with Gasteiger partial charge in [-0.25, -0.2) is 0 Å². The van der Waals surface area contributed by atoms with E-state index in [2.05, 4.69) is 164 Å². The highest BCUT2D eigenvalue weighted by Gasteiger charge is 2.39. The highest BCUT2D eigenvalue weighted by molar-refractivity contribution is 6.74. The van der Waals surface area contributed by atoms with Gasteiger partial charge in [0, 0.05) is 32.9 Å². The molecule has 0 saturated carbocycles. The third-order valence-electron chi connectivity index (χ3n) is 10.3. The third kappa shape index (κ3) is 10.5. The summed E-state index contributed by atoms with van der Waals surface area (Å²) >= 11 is 0. The van der Waals surface area contributed by atoms with Crippen LogP contribution in [0.3, 0.4) is 0 Å². The molecule has 6 heteroatoms. The zero-order chi connectivity index (χ0) is 33.9. The first-order chi connectivity index (χ1) is 21.6. The van der Waals surface area contributed by atoms with Crippen molar-refractivity contribution >= 4 is 16.6 Å². The minimum Gasteiger partial charge on any atom is -0.416 e. The maximum Gasteiger partial charge on any atom is 0.192 e. The number of unbranched alkanes of at least 4 members (excludes halogenated alkanes) is 2. The Kier molecular flexibility index (Phi) is 14.1.